The van der Waals surface area contributed by atoms with Gasteiger partial charge in [0.1, 0.15) is 17.7 Å². The fraction of sp³-hybridized carbons (Fsp3) is 0.357. The lowest BCUT2D eigenvalue weighted by Gasteiger charge is -2.20. The van der Waals surface area contributed by atoms with Gasteiger partial charge in [-0.15, -0.1) is 0 Å². The van der Waals surface area contributed by atoms with Crippen LogP contribution in [0.5, 0.6) is 5.75 Å². The summed E-state index contributed by atoms with van der Waals surface area (Å²) in [7, 11) is 1.67. The smallest absolute Gasteiger partial charge is 0.181 e. The summed E-state index contributed by atoms with van der Waals surface area (Å²) >= 11 is 0. The molecule has 3 nitrogen and oxygen atoms in total. The van der Waals surface area contributed by atoms with E-state index in [0.29, 0.717) is 0 Å². The molecule has 0 aliphatic heterocycles. The van der Waals surface area contributed by atoms with Crippen LogP contribution >= 0.6 is 0 Å². The molecule has 0 bridgehead atoms. The average Bonchev–Trinajstić information content (AvgIpc) is 2.80. The first-order valence-corrected chi connectivity index (χ1v) is 5.59. The molecule has 0 radical (unpaired) electrons. The molecule has 90 valence electrons. The Morgan fingerprint density at radius 2 is 2.00 bits per heavy atom. The van der Waals surface area contributed by atoms with Crippen molar-refractivity contribution in [2.24, 2.45) is 0 Å². The number of oxazole rings is 1. The second-order valence-electron chi connectivity index (χ2n) is 5.04. The Labute approximate surface area is 101 Å². The highest BCUT2D eigenvalue weighted by molar-refractivity contribution is 5.67. The van der Waals surface area contributed by atoms with Crippen molar-refractivity contribution in [1.29, 1.82) is 0 Å². The van der Waals surface area contributed by atoms with Crippen LogP contribution in [0.3, 0.4) is 0 Å². The maximum atomic E-state index is 5.42. The molecule has 0 atom stereocenters. The average molecular weight is 231 g/mol. The maximum absolute atomic E-state index is 5.42. The number of methoxy groups -OCH3 is 1. The third kappa shape index (κ3) is 2.33. The quantitative estimate of drug-likeness (QED) is 0.791. The van der Waals surface area contributed by atoms with Crippen molar-refractivity contribution < 1.29 is 9.15 Å². The second-order valence-corrected chi connectivity index (χ2v) is 5.04. The number of hydrogen-bond donors (Lipinski definition) is 0. The van der Waals surface area contributed by atoms with Crippen LogP contribution in [0.15, 0.2) is 35.3 Å². The summed E-state index contributed by atoms with van der Waals surface area (Å²) < 4.78 is 10.4. The Morgan fingerprint density at radius 1 is 1.24 bits per heavy atom. The fourth-order valence-electron chi connectivity index (χ4n) is 1.71. The predicted octanol–water partition coefficient (Wildman–Crippen LogP) is 3.65. The molecule has 1 heterocycles. The Kier molecular flexibility index (Phi) is 2.92. The van der Waals surface area contributed by atoms with E-state index in [0.717, 1.165) is 17.0 Å². The molecule has 3 heteroatoms. The highest BCUT2D eigenvalue weighted by Gasteiger charge is 2.17. The molecule has 17 heavy (non-hydrogen) atoms. The van der Waals surface area contributed by atoms with Crippen LogP contribution in [0.4, 0.5) is 0 Å². The van der Waals surface area contributed by atoms with Crippen LogP contribution in [0.2, 0.25) is 0 Å². The standard InChI is InChI=1S/C14H17NO2/c1-14(2,3)10-5-6-11(13(7-10)16-4)12-8-17-9-15-12/h5-9H,1-4H3. The fourth-order valence-corrected chi connectivity index (χ4v) is 1.71. The van der Waals surface area contributed by atoms with E-state index in [4.69, 9.17) is 9.15 Å². The third-order valence-electron chi connectivity index (χ3n) is 2.78. The summed E-state index contributed by atoms with van der Waals surface area (Å²) in [5.41, 5.74) is 3.09. The van der Waals surface area contributed by atoms with E-state index in [1.807, 2.05) is 6.07 Å². The number of rotatable bonds is 2. The zero-order valence-corrected chi connectivity index (χ0v) is 10.7. The minimum atomic E-state index is 0.107. The Morgan fingerprint density at radius 3 is 2.53 bits per heavy atom. The van der Waals surface area contributed by atoms with Crippen LogP contribution in [0, 0.1) is 0 Å². The molecule has 0 spiro atoms. The van der Waals surface area contributed by atoms with Crippen molar-refractivity contribution in [3.63, 3.8) is 0 Å². The van der Waals surface area contributed by atoms with E-state index in [9.17, 15) is 0 Å². The monoisotopic (exact) mass is 231 g/mol. The molecule has 1 aromatic carbocycles. The molecule has 0 aliphatic rings. The first-order valence-electron chi connectivity index (χ1n) is 5.59. The van der Waals surface area contributed by atoms with Gasteiger partial charge in [0, 0.05) is 5.56 Å². The first-order chi connectivity index (χ1) is 8.02. The van der Waals surface area contributed by atoms with Crippen molar-refractivity contribution in [3.05, 3.63) is 36.4 Å². The molecule has 1 aromatic heterocycles. The molecule has 0 fully saturated rings. The van der Waals surface area contributed by atoms with Gasteiger partial charge in [-0.3, -0.25) is 0 Å². The number of ether oxygens (including phenoxy) is 1. The van der Waals surface area contributed by atoms with E-state index >= 15 is 0 Å². The van der Waals surface area contributed by atoms with Crippen molar-refractivity contribution in [1.82, 2.24) is 4.98 Å². The summed E-state index contributed by atoms with van der Waals surface area (Å²) in [6, 6.07) is 6.19. The van der Waals surface area contributed by atoms with Gasteiger partial charge in [-0.05, 0) is 23.1 Å². The SMILES string of the molecule is COc1cc(C(C)(C)C)ccc1-c1cocn1. The largest absolute Gasteiger partial charge is 0.496 e. The topological polar surface area (TPSA) is 35.3 Å². The van der Waals surface area contributed by atoms with Crippen LogP contribution in [-0.2, 0) is 5.41 Å². The van der Waals surface area contributed by atoms with Crippen LogP contribution in [0.1, 0.15) is 26.3 Å². The summed E-state index contributed by atoms with van der Waals surface area (Å²) in [6.45, 7) is 6.53. The normalized spacial score (nSPS) is 11.5. The summed E-state index contributed by atoms with van der Waals surface area (Å²) in [6.07, 6.45) is 3.04. The lowest BCUT2D eigenvalue weighted by molar-refractivity contribution is 0.414. The molecule has 0 N–H and O–H groups in total. The number of hydrogen-bond acceptors (Lipinski definition) is 3. The molecule has 0 saturated carbocycles. The van der Waals surface area contributed by atoms with Gasteiger partial charge in [-0.25, -0.2) is 4.98 Å². The molecule has 2 rings (SSSR count). The maximum Gasteiger partial charge on any atom is 0.181 e. The van der Waals surface area contributed by atoms with Gasteiger partial charge < -0.3 is 9.15 Å². The van der Waals surface area contributed by atoms with Gasteiger partial charge in [-0.2, -0.15) is 0 Å². The lowest BCUT2D eigenvalue weighted by atomic mass is 9.86. The van der Waals surface area contributed by atoms with Gasteiger partial charge in [0.2, 0.25) is 0 Å². The second kappa shape index (κ2) is 4.24. The first kappa shape index (κ1) is 11.7. The molecule has 0 saturated heterocycles. The van der Waals surface area contributed by atoms with Crippen molar-refractivity contribution >= 4 is 0 Å². The Balaban J connectivity index is 2.50. The number of nitrogens with zero attached hydrogens (tertiary/aromatic N) is 1. The lowest BCUT2D eigenvalue weighted by Crippen LogP contribution is -2.11. The van der Waals surface area contributed by atoms with Gasteiger partial charge >= 0.3 is 0 Å². The van der Waals surface area contributed by atoms with Gasteiger partial charge in [0.05, 0.1) is 7.11 Å². The molecule has 0 aliphatic carbocycles. The molecular formula is C14H17NO2. The highest BCUT2D eigenvalue weighted by Crippen LogP contribution is 2.33. The zero-order valence-electron chi connectivity index (χ0n) is 10.7. The Bertz CT molecular complexity index is 495. The van der Waals surface area contributed by atoms with E-state index < -0.39 is 0 Å². The Hall–Kier alpha value is -1.77. The van der Waals surface area contributed by atoms with Gasteiger partial charge in [0.25, 0.3) is 0 Å². The highest BCUT2D eigenvalue weighted by atomic mass is 16.5. The summed E-state index contributed by atoms with van der Waals surface area (Å²) in [4.78, 5) is 4.14. The van der Waals surface area contributed by atoms with E-state index in [-0.39, 0.29) is 5.41 Å². The van der Waals surface area contributed by atoms with E-state index in [1.54, 1.807) is 13.4 Å². The molecule has 0 unspecified atom stereocenters. The predicted molar refractivity (Wildman–Crippen MR) is 67.2 cm³/mol. The molecule has 0 amide bonds. The summed E-state index contributed by atoms with van der Waals surface area (Å²) in [5.74, 6) is 0.825. The minimum Gasteiger partial charge on any atom is -0.496 e. The van der Waals surface area contributed by atoms with E-state index in [1.165, 1.54) is 12.0 Å². The van der Waals surface area contributed by atoms with Gasteiger partial charge in [0.15, 0.2) is 6.39 Å². The zero-order chi connectivity index (χ0) is 12.5. The van der Waals surface area contributed by atoms with E-state index in [2.05, 4.69) is 37.9 Å². The van der Waals surface area contributed by atoms with Crippen molar-refractivity contribution in [2.45, 2.75) is 26.2 Å². The summed E-state index contributed by atoms with van der Waals surface area (Å²) in [5, 5.41) is 0. The minimum absolute atomic E-state index is 0.107. The number of benzene rings is 1. The molecule has 2 aromatic rings. The van der Waals surface area contributed by atoms with Crippen LogP contribution < -0.4 is 4.74 Å². The van der Waals surface area contributed by atoms with Crippen molar-refractivity contribution in [3.8, 4) is 17.0 Å². The van der Waals surface area contributed by atoms with Crippen LogP contribution in [0.25, 0.3) is 11.3 Å². The number of aromatic nitrogens is 1. The van der Waals surface area contributed by atoms with Crippen LogP contribution in [-0.4, -0.2) is 12.1 Å². The van der Waals surface area contributed by atoms with Crippen molar-refractivity contribution in [2.75, 3.05) is 7.11 Å². The molecular weight excluding hydrogens is 214 g/mol. The third-order valence-corrected chi connectivity index (χ3v) is 2.78. The van der Waals surface area contributed by atoms with Gasteiger partial charge in [-0.1, -0.05) is 26.8 Å².